The van der Waals surface area contributed by atoms with E-state index in [-0.39, 0.29) is 24.7 Å². The number of hydrogen-bond acceptors (Lipinski definition) is 3. The summed E-state index contributed by atoms with van der Waals surface area (Å²) < 4.78 is 0. The van der Waals surface area contributed by atoms with Gasteiger partial charge in [-0.25, -0.2) is 4.79 Å². The van der Waals surface area contributed by atoms with Crippen molar-refractivity contribution in [2.75, 3.05) is 0 Å². The van der Waals surface area contributed by atoms with Gasteiger partial charge < -0.3 is 16.2 Å². The van der Waals surface area contributed by atoms with Gasteiger partial charge in [0.25, 0.3) is 0 Å². The summed E-state index contributed by atoms with van der Waals surface area (Å²) in [6, 6.07) is -1.05. The second-order valence-electron chi connectivity index (χ2n) is 3.71. The van der Waals surface area contributed by atoms with Gasteiger partial charge in [-0.15, -0.1) is 0 Å². The molecule has 4 N–H and O–H groups in total. The van der Waals surface area contributed by atoms with Crippen LogP contribution in [-0.2, 0) is 14.4 Å². The molecule has 0 aromatic carbocycles. The van der Waals surface area contributed by atoms with E-state index < -0.39 is 17.9 Å². The summed E-state index contributed by atoms with van der Waals surface area (Å²) in [4.78, 5) is 32.8. The van der Waals surface area contributed by atoms with Crippen molar-refractivity contribution in [1.29, 1.82) is 0 Å². The molecule has 2 atom stereocenters. The molecule has 0 radical (unpaired) electrons. The summed E-state index contributed by atoms with van der Waals surface area (Å²) in [7, 11) is 0. The van der Waals surface area contributed by atoms with Gasteiger partial charge in [0, 0.05) is 12.3 Å². The number of nitrogens with two attached hydrogens (primary N) is 1. The molecule has 16 heavy (non-hydrogen) atoms. The van der Waals surface area contributed by atoms with Gasteiger partial charge in [-0.05, 0) is 12.8 Å². The molecule has 0 saturated heterocycles. The zero-order valence-corrected chi connectivity index (χ0v) is 9.53. The van der Waals surface area contributed by atoms with E-state index in [1.54, 1.807) is 6.92 Å². The maximum Gasteiger partial charge on any atom is 0.326 e. The predicted molar refractivity (Wildman–Crippen MR) is 57.4 cm³/mol. The van der Waals surface area contributed by atoms with Crippen molar-refractivity contribution in [3.8, 4) is 0 Å². The van der Waals surface area contributed by atoms with Crippen LogP contribution in [0.25, 0.3) is 0 Å². The molecule has 0 aliphatic carbocycles. The first-order valence-electron chi connectivity index (χ1n) is 5.20. The summed E-state index contributed by atoms with van der Waals surface area (Å²) in [5.41, 5.74) is 4.91. The van der Waals surface area contributed by atoms with Crippen LogP contribution in [0.1, 0.15) is 33.1 Å². The third-order valence-corrected chi connectivity index (χ3v) is 2.35. The fourth-order valence-electron chi connectivity index (χ4n) is 1.04. The molecule has 0 rings (SSSR count). The Morgan fingerprint density at radius 3 is 2.31 bits per heavy atom. The fourth-order valence-corrected chi connectivity index (χ4v) is 1.04. The monoisotopic (exact) mass is 230 g/mol. The number of nitrogens with one attached hydrogen (secondary N) is 1. The molecule has 0 heterocycles. The van der Waals surface area contributed by atoms with E-state index in [0.29, 0.717) is 6.42 Å². The lowest BCUT2D eigenvalue weighted by Gasteiger charge is -2.16. The van der Waals surface area contributed by atoms with Gasteiger partial charge >= 0.3 is 5.97 Å². The van der Waals surface area contributed by atoms with Gasteiger partial charge in [-0.1, -0.05) is 13.8 Å². The summed E-state index contributed by atoms with van der Waals surface area (Å²) >= 11 is 0. The Kier molecular flexibility index (Phi) is 6.14. The molecule has 0 fully saturated rings. The second-order valence-corrected chi connectivity index (χ2v) is 3.71. The van der Waals surface area contributed by atoms with Gasteiger partial charge in [0.15, 0.2) is 0 Å². The van der Waals surface area contributed by atoms with E-state index in [9.17, 15) is 14.4 Å². The second kappa shape index (κ2) is 6.81. The Morgan fingerprint density at radius 2 is 1.94 bits per heavy atom. The molecular formula is C10H18N2O4. The summed E-state index contributed by atoms with van der Waals surface area (Å²) in [6.45, 7) is 3.55. The molecule has 1 unspecified atom stereocenters. The molecular weight excluding hydrogens is 212 g/mol. The summed E-state index contributed by atoms with van der Waals surface area (Å²) in [5.74, 6) is -2.29. The first kappa shape index (κ1) is 14.4. The number of carbonyl (C=O) groups is 3. The topological polar surface area (TPSA) is 109 Å². The van der Waals surface area contributed by atoms with Crippen molar-refractivity contribution < 1.29 is 19.5 Å². The van der Waals surface area contributed by atoms with E-state index in [1.807, 2.05) is 6.92 Å². The van der Waals surface area contributed by atoms with E-state index in [4.69, 9.17) is 10.8 Å². The van der Waals surface area contributed by atoms with E-state index in [1.165, 1.54) is 0 Å². The summed E-state index contributed by atoms with van der Waals surface area (Å²) in [6.07, 6.45) is 0.596. The SMILES string of the molecule is CCC(C)C(=O)N[C@H](CCC(N)=O)C(=O)O. The van der Waals surface area contributed by atoms with Crippen molar-refractivity contribution in [2.24, 2.45) is 11.7 Å². The molecule has 0 aromatic rings. The minimum Gasteiger partial charge on any atom is -0.480 e. The minimum absolute atomic E-state index is 0.0207. The van der Waals surface area contributed by atoms with Gasteiger partial charge in [-0.2, -0.15) is 0 Å². The highest BCUT2D eigenvalue weighted by Crippen LogP contribution is 2.03. The van der Waals surface area contributed by atoms with Gasteiger partial charge in [0.2, 0.25) is 11.8 Å². The Morgan fingerprint density at radius 1 is 1.38 bits per heavy atom. The number of hydrogen-bond donors (Lipinski definition) is 3. The van der Waals surface area contributed by atoms with Crippen LogP contribution in [-0.4, -0.2) is 28.9 Å². The zero-order chi connectivity index (χ0) is 12.7. The lowest BCUT2D eigenvalue weighted by Crippen LogP contribution is -2.43. The van der Waals surface area contributed by atoms with Crippen LogP contribution in [0.4, 0.5) is 0 Å². The molecule has 0 aromatic heterocycles. The van der Waals surface area contributed by atoms with E-state index in [0.717, 1.165) is 0 Å². The third-order valence-electron chi connectivity index (χ3n) is 2.35. The first-order chi connectivity index (χ1) is 7.38. The lowest BCUT2D eigenvalue weighted by atomic mass is 10.1. The third kappa shape index (κ3) is 5.33. The zero-order valence-electron chi connectivity index (χ0n) is 9.53. The number of carbonyl (C=O) groups excluding carboxylic acids is 2. The molecule has 0 aliphatic rings. The molecule has 0 spiro atoms. The minimum atomic E-state index is -1.15. The Hall–Kier alpha value is -1.59. The number of carboxylic acid groups (broad SMARTS) is 1. The van der Waals surface area contributed by atoms with Crippen molar-refractivity contribution in [3.63, 3.8) is 0 Å². The van der Waals surface area contributed by atoms with Crippen LogP contribution >= 0.6 is 0 Å². The predicted octanol–water partition coefficient (Wildman–Crippen LogP) is -0.133. The maximum atomic E-state index is 11.4. The van der Waals surface area contributed by atoms with Crippen molar-refractivity contribution in [3.05, 3.63) is 0 Å². The number of aliphatic carboxylic acids is 1. The van der Waals surface area contributed by atoms with Crippen LogP contribution < -0.4 is 11.1 Å². The van der Waals surface area contributed by atoms with Crippen molar-refractivity contribution in [2.45, 2.75) is 39.2 Å². The molecule has 92 valence electrons. The number of rotatable bonds is 7. The Bertz CT molecular complexity index is 278. The highest BCUT2D eigenvalue weighted by atomic mass is 16.4. The van der Waals surface area contributed by atoms with E-state index in [2.05, 4.69) is 5.32 Å². The van der Waals surface area contributed by atoms with Crippen LogP contribution in [0.15, 0.2) is 0 Å². The van der Waals surface area contributed by atoms with Gasteiger partial charge in [-0.3, -0.25) is 9.59 Å². The van der Waals surface area contributed by atoms with Gasteiger partial charge in [0.05, 0.1) is 0 Å². The Balaban J connectivity index is 4.28. The van der Waals surface area contributed by atoms with Crippen LogP contribution in [0.2, 0.25) is 0 Å². The quantitative estimate of drug-likeness (QED) is 0.565. The average molecular weight is 230 g/mol. The van der Waals surface area contributed by atoms with Crippen LogP contribution in [0.5, 0.6) is 0 Å². The van der Waals surface area contributed by atoms with Gasteiger partial charge in [0.1, 0.15) is 6.04 Å². The largest absolute Gasteiger partial charge is 0.480 e. The Labute approximate surface area is 94.2 Å². The molecule has 6 heteroatoms. The maximum absolute atomic E-state index is 11.4. The first-order valence-corrected chi connectivity index (χ1v) is 5.20. The normalized spacial score (nSPS) is 13.9. The highest BCUT2D eigenvalue weighted by molar-refractivity contribution is 5.85. The smallest absolute Gasteiger partial charge is 0.326 e. The molecule has 0 aliphatic heterocycles. The summed E-state index contributed by atoms with van der Waals surface area (Å²) in [5, 5.41) is 11.2. The highest BCUT2D eigenvalue weighted by Gasteiger charge is 2.22. The van der Waals surface area contributed by atoms with Crippen molar-refractivity contribution >= 4 is 17.8 Å². The lowest BCUT2D eigenvalue weighted by molar-refractivity contribution is -0.142. The molecule has 2 amide bonds. The van der Waals surface area contributed by atoms with Crippen LogP contribution in [0.3, 0.4) is 0 Å². The number of amides is 2. The molecule has 0 bridgehead atoms. The van der Waals surface area contributed by atoms with E-state index >= 15 is 0 Å². The number of primary amides is 1. The fraction of sp³-hybridized carbons (Fsp3) is 0.700. The number of carboxylic acids is 1. The standard InChI is InChI=1S/C10H18N2O4/c1-3-6(2)9(14)12-7(10(15)16)4-5-8(11)13/h6-7H,3-5H2,1-2H3,(H2,11,13)(H,12,14)(H,15,16)/t6?,7-/m1/s1. The van der Waals surface area contributed by atoms with Crippen molar-refractivity contribution in [1.82, 2.24) is 5.32 Å². The average Bonchev–Trinajstić information content (AvgIpc) is 2.21. The molecule has 6 nitrogen and oxygen atoms in total. The molecule has 0 saturated carbocycles. The van der Waals surface area contributed by atoms with Crippen LogP contribution in [0, 0.1) is 5.92 Å².